The lowest BCUT2D eigenvalue weighted by Crippen LogP contribution is -2.11. The fraction of sp³-hybridized carbons (Fsp3) is 0.111. The molecule has 1 heterocycles. The van der Waals surface area contributed by atoms with Crippen LogP contribution in [0.5, 0.6) is 0 Å². The number of carbonyl (C=O) groups is 1. The predicted octanol–water partition coefficient (Wildman–Crippen LogP) is 1.54. The Hall–Kier alpha value is -2.04. The molecule has 0 saturated heterocycles. The molecular formula is C9H8N3O2. The van der Waals surface area contributed by atoms with Gasteiger partial charge in [-0.25, -0.2) is 9.78 Å². The van der Waals surface area contributed by atoms with Crippen LogP contribution in [-0.2, 0) is 4.74 Å². The molecule has 0 unspecified atom stereocenters. The van der Waals surface area contributed by atoms with E-state index >= 15 is 0 Å². The molecule has 2 N–H and O–H groups in total. The first-order valence-electron chi connectivity index (χ1n) is 4.00. The van der Waals surface area contributed by atoms with Crippen molar-refractivity contribution in [2.75, 3.05) is 12.4 Å². The van der Waals surface area contributed by atoms with Gasteiger partial charge in [-0.3, -0.25) is 5.32 Å². The number of anilines is 1. The fourth-order valence-electron chi connectivity index (χ4n) is 1.10. The first-order valence-corrected chi connectivity index (χ1v) is 4.00. The summed E-state index contributed by atoms with van der Waals surface area (Å²) in [5.41, 5.74) is 1.59. The number of nitrogens with zero attached hydrogens (tertiary/aromatic N) is 1. The van der Waals surface area contributed by atoms with Crippen molar-refractivity contribution in [2.45, 2.75) is 0 Å². The summed E-state index contributed by atoms with van der Waals surface area (Å²) in [4.78, 5) is 17.9. The van der Waals surface area contributed by atoms with Gasteiger partial charge in [-0.05, 0) is 18.2 Å². The van der Waals surface area contributed by atoms with Crippen LogP contribution in [-0.4, -0.2) is 23.2 Å². The number of fused-ring (bicyclic) bond motifs is 1. The maximum Gasteiger partial charge on any atom is 0.413 e. The van der Waals surface area contributed by atoms with Crippen molar-refractivity contribution in [2.24, 2.45) is 0 Å². The van der Waals surface area contributed by atoms with Crippen LogP contribution in [0.3, 0.4) is 0 Å². The van der Waals surface area contributed by atoms with E-state index in [1.165, 1.54) is 7.11 Å². The van der Waals surface area contributed by atoms with Gasteiger partial charge in [0.25, 0.3) is 0 Å². The number of imidazole rings is 1. The molecule has 1 aromatic heterocycles. The first-order chi connectivity index (χ1) is 6.79. The maximum atomic E-state index is 10.9. The largest absolute Gasteiger partial charge is 0.453 e. The average molecular weight is 190 g/mol. The minimum absolute atomic E-state index is 0.367. The van der Waals surface area contributed by atoms with Crippen molar-refractivity contribution >= 4 is 23.1 Å². The molecule has 0 saturated carbocycles. The number of ether oxygens (including phenoxy) is 1. The van der Waals surface area contributed by atoms with E-state index < -0.39 is 6.09 Å². The molecule has 0 atom stereocenters. The molecule has 2 rings (SSSR count). The summed E-state index contributed by atoms with van der Waals surface area (Å²) in [6, 6.07) is 8.21. The Morgan fingerprint density at radius 2 is 2.57 bits per heavy atom. The van der Waals surface area contributed by atoms with Crippen molar-refractivity contribution < 1.29 is 9.53 Å². The van der Waals surface area contributed by atoms with Gasteiger partial charge in [0.2, 0.25) is 5.95 Å². The molecule has 5 heteroatoms. The van der Waals surface area contributed by atoms with Crippen LogP contribution in [0.2, 0.25) is 0 Å². The second-order valence-corrected chi connectivity index (χ2v) is 2.65. The van der Waals surface area contributed by atoms with Gasteiger partial charge >= 0.3 is 6.09 Å². The van der Waals surface area contributed by atoms with E-state index in [9.17, 15) is 4.79 Å². The molecule has 0 aliphatic carbocycles. The highest BCUT2D eigenvalue weighted by atomic mass is 16.5. The topological polar surface area (TPSA) is 67.0 Å². The SMILES string of the molecule is COC(=O)Nc1nc2c[c]ccc2[nH]1. The summed E-state index contributed by atoms with van der Waals surface area (Å²) in [5.74, 6) is 0.367. The summed E-state index contributed by atoms with van der Waals surface area (Å²) >= 11 is 0. The second-order valence-electron chi connectivity index (χ2n) is 2.65. The molecule has 5 nitrogen and oxygen atoms in total. The number of methoxy groups -OCH3 is 1. The van der Waals surface area contributed by atoms with Crippen molar-refractivity contribution in [3.8, 4) is 0 Å². The molecule has 0 fully saturated rings. The Morgan fingerprint density at radius 1 is 1.71 bits per heavy atom. The Bertz CT molecular complexity index is 431. The zero-order chi connectivity index (χ0) is 9.97. The molecule has 1 radical (unpaired) electrons. The molecule has 0 bridgehead atoms. The van der Waals surface area contributed by atoms with Gasteiger partial charge in [-0.15, -0.1) is 0 Å². The summed E-state index contributed by atoms with van der Waals surface area (Å²) in [7, 11) is 1.30. The van der Waals surface area contributed by atoms with Crippen LogP contribution in [0.1, 0.15) is 0 Å². The highest BCUT2D eigenvalue weighted by molar-refractivity contribution is 5.85. The fourth-order valence-corrected chi connectivity index (χ4v) is 1.10. The van der Waals surface area contributed by atoms with E-state index in [2.05, 4.69) is 26.1 Å². The molecule has 14 heavy (non-hydrogen) atoms. The molecule has 0 aliphatic heterocycles. The van der Waals surface area contributed by atoms with Gasteiger partial charge in [0.15, 0.2) is 0 Å². The third-order valence-electron chi connectivity index (χ3n) is 1.73. The third kappa shape index (κ3) is 1.52. The maximum absolute atomic E-state index is 10.9. The standard InChI is InChI=1S/C9H8N3O2/c1-14-9(13)12-8-10-6-4-2-3-5-7(6)11-8/h2,4-5H,1H3,(H2,10,11,12,13). The molecule has 2 aromatic rings. The van der Waals surface area contributed by atoms with Gasteiger partial charge in [0.05, 0.1) is 18.1 Å². The number of aromatic amines is 1. The molecule has 1 amide bonds. The number of H-pyrrole nitrogens is 1. The van der Waals surface area contributed by atoms with Crippen molar-refractivity contribution in [3.05, 3.63) is 24.3 Å². The minimum atomic E-state index is -0.548. The van der Waals surface area contributed by atoms with Crippen LogP contribution < -0.4 is 5.32 Å². The average Bonchev–Trinajstić information content (AvgIpc) is 2.59. The van der Waals surface area contributed by atoms with Crippen LogP contribution in [0.4, 0.5) is 10.7 Å². The molecule has 0 aliphatic rings. The van der Waals surface area contributed by atoms with Crippen LogP contribution in [0.25, 0.3) is 11.0 Å². The van der Waals surface area contributed by atoms with Gasteiger partial charge in [0.1, 0.15) is 0 Å². The smallest absolute Gasteiger partial charge is 0.413 e. The Morgan fingerprint density at radius 3 is 3.29 bits per heavy atom. The lowest BCUT2D eigenvalue weighted by atomic mass is 10.3. The van der Waals surface area contributed by atoms with E-state index in [4.69, 9.17) is 0 Å². The summed E-state index contributed by atoms with van der Waals surface area (Å²) < 4.78 is 4.43. The normalized spacial score (nSPS) is 10.1. The number of aromatic nitrogens is 2. The molecule has 0 spiro atoms. The number of carbonyl (C=O) groups excluding carboxylic acids is 1. The third-order valence-corrected chi connectivity index (χ3v) is 1.73. The van der Waals surface area contributed by atoms with Crippen LogP contribution >= 0.6 is 0 Å². The predicted molar refractivity (Wildman–Crippen MR) is 51.0 cm³/mol. The van der Waals surface area contributed by atoms with E-state index in [0.717, 1.165) is 11.0 Å². The van der Waals surface area contributed by atoms with Crippen LogP contribution in [0.15, 0.2) is 18.2 Å². The number of rotatable bonds is 1. The van der Waals surface area contributed by atoms with Crippen molar-refractivity contribution in [1.29, 1.82) is 0 Å². The van der Waals surface area contributed by atoms with Crippen LogP contribution in [0, 0.1) is 6.07 Å². The Kier molecular flexibility index (Phi) is 2.06. The van der Waals surface area contributed by atoms with Gasteiger partial charge < -0.3 is 9.72 Å². The monoisotopic (exact) mass is 190 g/mol. The lowest BCUT2D eigenvalue weighted by Gasteiger charge is -1.96. The highest BCUT2D eigenvalue weighted by Gasteiger charge is 2.04. The van der Waals surface area contributed by atoms with E-state index in [0.29, 0.717) is 5.95 Å². The first kappa shape index (κ1) is 8.55. The van der Waals surface area contributed by atoms with Gasteiger partial charge in [-0.1, -0.05) is 6.07 Å². The summed E-state index contributed by atoms with van der Waals surface area (Å²) in [6.07, 6.45) is -0.548. The van der Waals surface area contributed by atoms with Crippen molar-refractivity contribution in [3.63, 3.8) is 0 Å². The van der Waals surface area contributed by atoms with E-state index in [1.54, 1.807) is 12.1 Å². The van der Waals surface area contributed by atoms with E-state index in [-0.39, 0.29) is 0 Å². The highest BCUT2D eigenvalue weighted by Crippen LogP contribution is 2.12. The zero-order valence-electron chi connectivity index (χ0n) is 7.50. The molecular weight excluding hydrogens is 182 g/mol. The second kappa shape index (κ2) is 3.37. The number of amides is 1. The lowest BCUT2D eigenvalue weighted by molar-refractivity contribution is 0.186. The van der Waals surface area contributed by atoms with Gasteiger partial charge in [-0.2, -0.15) is 0 Å². The molecule has 1 aromatic carbocycles. The van der Waals surface area contributed by atoms with Gasteiger partial charge in [0, 0.05) is 0 Å². The number of nitrogens with one attached hydrogen (secondary N) is 2. The van der Waals surface area contributed by atoms with E-state index in [1.807, 2.05) is 6.07 Å². The summed E-state index contributed by atoms with van der Waals surface area (Å²) in [6.45, 7) is 0. The molecule has 71 valence electrons. The zero-order valence-corrected chi connectivity index (χ0v) is 7.50. The summed E-state index contributed by atoms with van der Waals surface area (Å²) in [5, 5.41) is 2.44. The Labute approximate surface area is 80.1 Å². The number of benzene rings is 1. The quantitative estimate of drug-likeness (QED) is 0.716. The number of hydrogen-bond acceptors (Lipinski definition) is 3. The van der Waals surface area contributed by atoms with Crippen molar-refractivity contribution in [1.82, 2.24) is 9.97 Å². The minimum Gasteiger partial charge on any atom is -0.453 e. The number of hydrogen-bond donors (Lipinski definition) is 2. The Balaban J connectivity index is 2.31.